The standard InChI is InChI=1S/C13H26N2O/c1-4-12(9(2)3)15-13(16)10-6-5-7-11(14)8-10/h9-12H,4-8,14H2,1-3H3,(H,15,16). The normalized spacial score (nSPS) is 27.8. The molecule has 1 aliphatic rings. The Hall–Kier alpha value is -0.570. The van der Waals surface area contributed by atoms with E-state index in [4.69, 9.17) is 5.73 Å². The van der Waals surface area contributed by atoms with Crippen molar-refractivity contribution in [1.82, 2.24) is 5.32 Å². The predicted octanol–water partition coefficient (Wildman–Crippen LogP) is 2.05. The summed E-state index contributed by atoms with van der Waals surface area (Å²) in [7, 11) is 0. The molecule has 3 N–H and O–H groups in total. The molecule has 3 heteroatoms. The molecule has 1 rings (SSSR count). The summed E-state index contributed by atoms with van der Waals surface area (Å²) in [5.41, 5.74) is 5.91. The van der Waals surface area contributed by atoms with E-state index in [1.807, 2.05) is 0 Å². The van der Waals surface area contributed by atoms with Gasteiger partial charge in [0.25, 0.3) is 0 Å². The van der Waals surface area contributed by atoms with Crippen LogP contribution in [0.1, 0.15) is 52.9 Å². The van der Waals surface area contributed by atoms with E-state index in [0.29, 0.717) is 12.0 Å². The lowest BCUT2D eigenvalue weighted by Gasteiger charge is -2.28. The Morgan fingerprint density at radius 2 is 2.12 bits per heavy atom. The number of amides is 1. The van der Waals surface area contributed by atoms with Gasteiger partial charge in [0.15, 0.2) is 0 Å². The van der Waals surface area contributed by atoms with Gasteiger partial charge in [-0.2, -0.15) is 0 Å². The average molecular weight is 226 g/mol. The molecule has 0 aromatic rings. The maximum absolute atomic E-state index is 12.1. The van der Waals surface area contributed by atoms with Crippen LogP contribution in [0.3, 0.4) is 0 Å². The van der Waals surface area contributed by atoms with Crippen molar-refractivity contribution in [2.45, 2.75) is 65.0 Å². The predicted molar refractivity (Wildman–Crippen MR) is 67.0 cm³/mol. The van der Waals surface area contributed by atoms with E-state index in [0.717, 1.165) is 32.1 Å². The zero-order valence-electron chi connectivity index (χ0n) is 10.8. The molecule has 0 spiro atoms. The van der Waals surface area contributed by atoms with E-state index in [-0.39, 0.29) is 17.9 Å². The van der Waals surface area contributed by atoms with Gasteiger partial charge in [0, 0.05) is 18.0 Å². The van der Waals surface area contributed by atoms with Crippen molar-refractivity contribution < 1.29 is 4.79 Å². The van der Waals surface area contributed by atoms with Crippen molar-refractivity contribution in [1.29, 1.82) is 0 Å². The van der Waals surface area contributed by atoms with E-state index in [2.05, 4.69) is 26.1 Å². The molecule has 1 aliphatic carbocycles. The fraction of sp³-hybridized carbons (Fsp3) is 0.923. The van der Waals surface area contributed by atoms with Crippen molar-refractivity contribution in [2.24, 2.45) is 17.6 Å². The highest BCUT2D eigenvalue weighted by molar-refractivity contribution is 5.79. The third kappa shape index (κ3) is 3.78. The molecule has 0 radical (unpaired) electrons. The van der Waals surface area contributed by atoms with Crippen LogP contribution in [-0.4, -0.2) is 18.0 Å². The Labute approximate surface area is 99.2 Å². The summed E-state index contributed by atoms with van der Waals surface area (Å²) < 4.78 is 0. The molecular formula is C13H26N2O. The van der Waals surface area contributed by atoms with Gasteiger partial charge in [-0.15, -0.1) is 0 Å². The average Bonchev–Trinajstić information content (AvgIpc) is 2.25. The van der Waals surface area contributed by atoms with Gasteiger partial charge in [-0.05, 0) is 31.6 Å². The van der Waals surface area contributed by atoms with Crippen LogP contribution in [0.15, 0.2) is 0 Å². The number of carbonyl (C=O) groups is 1. The Kier molecular flexibility index (Phi) is 5.26. The Bertz CT molecular complexity index is 228. The first-order valence-electron chi connectivity index (χ1n) is 6.60. The van der Waals surface area contributed by atoms with E-state index in [9.17, 15) is 4.79 Å². The molecular weight excluding hydrogens is 200 g/mol. The second-order valence-electron chi connectivity index (χ2n) is 5.39. The lowest BCUT2D eigenvalue weighted by Crippen LogP contribution is -2.44. The maximum atomic E-state index is 12.1. The van der Waals surface area contributed by atoms with Crippen LogP contribution < -0.4 is 11.1 Å². The molecule has 16 heavy (non-hydrogen) atoms. The van der Waals surface area contributed by atoms with E-state index in [1.165, 1.54) is 0 Å². The second-order valence-corrected chi connectivity index (χ2v) is 5.39. The number of hydrogen-bond acceptors (Lipinski definition) is 2. The SMILES string of the molecule is CCC(NC(=O)C1CCCC(N)C1)C(C)C. The topological polar surface area (TPSA) is 55.1 Å². The van der Waals surface area contributed by atoms with Crippen molar-refractivity contribution in [3.05, 3.63) is 0 Å². The molecule has 0 aromatic heterocycles. The third-order valence-electron chi connectivity index (χ3n) is 3.66. The first-order chi connectivity index (χ1) is 7.54. The second kappa shape index (κ2) is 6.24. The molecule has 0 saturated heterocycles. The van der Waals surface area contributed by atoms with Crippen LogP contribution in [0.4, 0.5) is 0 Å². The Morgan fingerprint density at radius 1 is 1.44 bits per heavy atom. The number of nitrogens with two attached hydrogens (primary N) is 1. The lowest BCUT2D eigenvalue weighted by atomic mass is 9.85. The van der Waals surface area contributed by atoms with Crippen LogP contribution in [0, 0.1) is 11.8 Å². The number of nitrogens with one attached hydrogen (secondary N) is 1. The fourth-order valence-corrected chi connectivity index (χ4v) is 2.51. The van der Waals surface area contributed by atoms with Crippen LogP contribution in [-0.2, 0) is 4.79 Å². The summed E-state index contributed by atoms with van der Waals surface area (Å²) in [6, 6.07) is 0.536. The van der Waals surface area contributed by atoms with Gasteiger partial charge in [-0.3, -0.25) is 4.79 Å². The van der Waals surface area contributed by atoms with Gasteiger partial charge < -0.3 is 11.1 Å². The molecule has 1 amide bonds. The number of rotatable bonds is 4. The van der Waals surface area contributed by atoms with Crippen molar-refractivity contribution in [2.75, 3.05) is 0 Å². The highest BCUT2D eigenvalue weighted by atomic mass is 16.1. The van der Waals surface area contributed by atoms with E-state index in [1.54, 1.807) is 0 Å². The van der Waals surface area contributed by atoms with Crippen LogP contribution in [0.25, 0.3) is 0 Å². The third-order valence-corrected chi connectivity index (χ3v) is 3.66. The summed E-state index contributed by atoms with van der Waals surface area (Å²) in [6.45, 7) is 6.43. The van der Waals surface area contributed by atoms with Gasteiger partial charge in [0.05, 0.1) is 0 Å². The van der Waals surface area contributed by atoms with Crippen LogP contribution >= 0.6 is 0 Å². The maximum Gasteiger partial charge on any atom is 0.223 e. The molecule has 3 unspecified atom stereocenters. The van der Waals surface area contributed by atoms with Gasteiger partial charge >= 0.3 is 0 Å². The molecule has 0 heterocycles. The Morgan fingerprint density at radius 3 is 2.62 bits per heavy atom. The summed E-state index contributed by atoms with van der Waals surface area (Å²) in [6.07, 6.45) is 5.04. The van der Waals surface area contributed by atoms with Crippen molar-refractivity contribution >= 4 is 5.91 Å². The minimum atomic E-state index is 0.150. The Balaban J connectivity index is 2.44. The lowest BCUT2D eigenvalue weighted by molar-refractivity contribution is -0.127. The monoisotopic (exact) mass is 226 g/mol. The van der Waals surface area contributed by atoms with Gasteiger partial charge in [-0.1, -0.05) is 27.2 Å². The molecule has 0 aromatic carbocycles. The fourth-order valence-electron chi connectivity index (χ4n) is 2.51. The molecule has 3 nitrogen and oxygen atoms in total. The molecule has 94 valence electrons. The zero-order chi connectivity index (χ0) is 12.1. The van der Waals surface area contributed by atoms with Crippen LogP contribution in [0.5, 0.6) is 0 Å². The minimum absolute atomic E-state index is 0.150. The summed E-state index contributed by atoms with van der Waals surface area (Å²) >= 11 is 0. The summed E-state index contributed by atoms with van der Waals surface area (Å²) in [5, 5.41) is 3.16. The van der Waals surface area contributed by atoms with Crippen LogP contribution in [0.2, 0.25) is 0 Å². The molecule has 1 saturated carbocycles. The minimum Gasteiger partial charge on any atom is -0.353 e. The number of carbonyl (C=O) groups excluding carboxylic acids is 1. The molecule has 0 aliphatic heterocycles. The molecule has 1 fully saturated rings. The smallest absolute Gasteiger partial charge is 0.223 e. The largest absolute Gasteiger partial charge is 0.353 e. The molecule has 3 atom stereocenters. The quantitative estimate of drug-likeness (QED) is 0.771. The summed E-state index contributed by atoms with van der Waals surface area (Å²) in [5.74, 6) is 0.874. The van der Waals surface area contributed by atoms with Crippen molar-refractivity contribution in [3.8, 4) is 0 Å². The van der Waals surface area contributed by atoms with Crippen molar-refractivity contribution in [3.63, 3.8) is 0 Å². The van der Waals surface area contributed by atoms with Gasteiger partial charge in [0.2, 0.25) is 5.91 Å². The highest BCUT2D eigenvalue weighted by Gasteiger charge is 2.26. The molecule has 0 bridgehead atoms. The summed E-state index contributed by atoms with van der Waals surface area (Å²) in [4.78, 5) is 12.1. The first kappa shape index (κ1) is 13.5. The van der Waals surface area contributed by atoms with E-state index >= 15 is 0 Å². The highest BCUT2D eigenvalue weighted by Crippen LogP contribution is 2.23. The van der Waals surface area contributed by atoms with E-state index < -0.39 is 0 Å². The number of hydrogen-bond donors (Lipinski definition) is 2. The van der Waals surface area contributed by atoms with Gasteiger partial charge in [-0.25, -0.2) is 0 Å². The zero-order valence-corrected chi connectivity index (χ0v) is 10.8. The first-order valence-corrected chi connectivity index (χ1v) is 6.60. The van der Waals surface area contributed by atoms with Gasteiger partial charge in [0.1, 0.15) is 0 Å².